The minimum absolute atomic E-state index is 0.103. The molecule has 6 nitrogen and oxygen atoms in total. The van der Waals surface area contributed by atoms with Crippen molar-refractivity contribution in [3.63, 3.8) is 0 Å². The van der Waals surface area contributed by atoms with E-state index in [9.17, 15) is 5.11 Å². The summed E-state index contributed by atoms with van der Waals surface area (Å²) in [4.78, 5) is 0. The molecule has 4 rings (SSSR count). The summed E-state index contributed by atoms with van der Waals surface area (Å²) in [5.41, 5.74) is 1.37. The van der Waals surface area contributed by atoms with Crippen molar-refractivity contribution in [3.05, 3.63) is 54.7 Å². The first-order valence-corrected chi connectivity index (χ1v) is 8.11. The van der Waals surface area contributed by atoms with E-state index in [-0.39, 0.29) is 11.9 Å². The van der Waals surface area contributed by atoms with Gasteiger partial charge in [0.15, 0.2) is 5.69 Å². The molecule has 0 radical (unpaired) electrons. The van der Waals surface area contributed by atoms with Crippen LogP contribution in [0.2, 0.25) is 0 Å². The Kier molecular flexibility index (Phi) is 3.65. The maximum Gasteiger partial charge on any atom is 0.221 e. The third-order valence-electron chi connectivity index (χ3n) is 4.17. The molecule has 0 bridgehead atoms. The minimum Gasteiger partial charge on any atom is -0.493 e. The van der Waals surface area contributed by atoms with Crippen molar-refractivity contribution in [3.8, 4) is 5.88 Å². The van der Waals surface area contributed by atoms with Gasteiger partial charge in [0.25, 0.3) is 0 Å². The standard InChI is InChI=1S/C19H17N5O/c1-12(2)24-16-10-6-5-9-15(16)17(19(24)25)21-23-18-14-8-4-3-7-13(14)11-20-22-18/h3-12,25H,1-2H3. The molecule has 4 aromatic rings. The van der Waals surface area contributed by atoms with Crippen LogP contribution in [0, 0.1) is 0 Å². The molecule has 2 heterocycles. The molecule has 2 aromatic heterocycles. The van der Waals surface area contributed by atoms with E-state index < -0.39 is 0 Å². The molecule has 0 spiro atoms. The Morgan fingerprint density at radius 2 is 1.68 bits per heavy atom. The molecule has 25 heavy (non-hydrogen) atoms. The van der Waals surface area contributed by atoms with Crippen LogP contribution in [-0.4, -0.2) is 19.9 Å². The summed E-state index contributed by atoms with van der Waals surface area (Å²) in [6.07, 6.45) is 1.69. The summed E-state index contributed by atoms with van der Waals surface area (Å²) in [5, 5.41) is 29.9. The zero-order valence-electron chi connectivity index (χ0n) is 14.0. The molecule has 0 atom stereocenters. The topological polar surface area (TPSA) is 75.7 Å². The molecule has 0 saturated heterocycles. The second-order valence-corrected chi connectivity index (χ2v) is 6.11. The van der Waals surface area contributed by atoms with E-state index in [1.807, 2.05) is 66.9 Å². The van der Waals surface area contributed by atoms with Gasteiger partial charge in [0.05, 0.1) is 11.7 Å². The van der Waals surface area contributed by atoms with Crippen LogP contribution in [0.1, 0.15) is 19.9 Å². The summed E-state index contributed by atoms with van der Waals surface area (Å²) in [5.74, 6) is 0.534. The quantitative estimate of drug-likeness (QED) is 0.518. The lowest BCUT2D eigenvalue weighted by molar-refractivity contribution is 0.407. The van der Waals surface area contributed by atoms with Crippen molar-refractivity contribution in [2.45, 2.75) is 19.9 Å². The number of azo groups is 1. The number of para-hydroxylation sites is 1. The minimum atomic E-state index is 0.103. The summed E-state index contributed by atoms with van der Waals surface area (Å²) in [7, 11) is 0. The van der Waals surface area contributed by atoms with Crippen LogP contribution in [0.4, 0.5) is 11.5 Å². The first-order chi connectivity index (χ1) is 12.2. The van der Waals surface area contributed by atoms with Crippen molar-refractivity contribution < 1.29 is 5.11 Å². The Morgan fingerprint density at radius 3 is 2.48 bits per heavy atom. The number of benzene rings is 2. The van der Waals surface area contributed by atoms with Crippen LogP contribution in [0.25, 0.3) is 21.7 Å². The smallest absolute Gasteiger partial charge is 0.221 e. The third kappa shape index (κ3) is 2.52. The van der Waals surface area contributed by atoms with Crippen LogP contribution in [0.15, 0.2) is 65.0 Å². The molecular weight excluding hydrogens is 314 g/mol. The Balaban J connectivity index is 1.88. The van der Waals surface area contributed by atoms with Crippen molar-refractivity contribution in [1.82, 2.24) is 14.8 Å². The van der Waals surface area contributed by atoms with Crippen LogP contribution in [0.5, 0.6) is 5.88 Å². The highest BCUT2D eigenvalue weighted by atomic mass is 16.3. The SMILES string of the molecule is CC(C)n1c(O)c(N=Nc2nncc3ccccc23)c2ccccc21. The average Bonchev–Trinajstić information content (AvgIpc) is 2.91. The lowest BCUT2D eigenvalue weighted by atomic mass is 10.2. The number of aromatic nitrogens is 3. The second kappa shape index (κ2) is 5.98. The zero-order valence-corrected chi connectivity index (χ0v) is 14.0. The fourth-order valence-corrected chi connectivity index (χ4v) is 3.04. The Labute approximate surface area is 144 Å². The van der Waals surface area contributed by atoms with Crippen molar-refractivity contribution in [2.75, 3.05) is 0 Å². The van der Waals surface area contributed by atoms with E-state index in [0.717, 1.165) is 21.7 Å². The van der Waals surface area contributed by atoms with Crippen LogP contribution in [-0.2, 0) is 0 Å². The van der Waals surface area contributed by atoms with Crippen LogP contribution in [0.3, 0.4) is 0 Å². The number of hydrogen-bond donors (Lipinski definition) is 1. The van der Waals surface area contributed by atoms with Crippen molar-refractivity contribution in [2.24, 2.45) is 10.2 Å². The van der Waals surface area contributed by atoms with E-state index in [1.54, 1.807) is 6.20 Å². The molecule has 0 aliphatic heterocycles. The molecule has 0 unspecified atom stereocenters. The van der Waals surface area contributed by atoms with Gasteiger partial charge in [-0.15, -0.1) is 15.3 Å². The number of rotatable bonds is 3. The number of fused-ring (bicyclic) bond motifs is 2. The molecule has 124 valence electrons. The van der Waals surface area contributed by atoms with Gasteiger partial charge < -0.3 is 9.67 Å². The first-order valence-electron chi connectivity index (χ1n) is 8.11. The lowest BCUT2D eigenvalue weighted by Gasteiger charge is -2.10. The van der Waals surface area contributed by atoms with Crippen LogP contribution >= 0.6 is 0 Å². The third-order valence-corrected chi connectivity index (χ3v) is 4.17. The molecular formula is C19H17N5O. The van der Waals surface area contributed by atoms with E-state index in [0.29, 0.717) is 11.5 Å². The van der Waals surface area contributed by atoms with E-state index >= 15 is 0 Å². The average molecular weight is 331 g/mol. The highest BCUT2D eigenvalue weighted by molar-refractivity contribution is 5.95. The summed E-state index contributed by atoms with van der Waals surface area (Å²) < 4.78 is 1.85. The molecule has 0 saturated carbocycles. The molecule has 0 amide bonds. The highest BCUT2D eigenvalue weighted by Gasteiger charge is 2.18. The first kappa shape index (κ1) is 15.3. The molecule has 0 aliphatic rings. The Hall–Kier alpha value is -3.28. The molecule has 1 N–H and O–H groups in total. The van der Waals surface area contributed by atoms with E-state index in [1.165, 1.54) is 0 Å². The van der Waals surface area contributed by atoms with Gasteiger partial charge >= 0.3 is 0 Å². The monoisotopic (exact) mass is 331 g/mol. The Bertz CT molecular complexity index is 1090. The van der Waals surface area contributed by atoms with Crippen molar-refractivity contribution >= 4 is 33.2 Å². The van der Waals surface area contributed by atoms with Gasteiger partial charge in [0.2, 0.25) is 11.7 Å². The van der Waals surface area contributed by atoms with Gasteiger partial charge in [-0.3, -0.25) is 0 Å². The normalized spacial score (nSPS) is 12.0. The highest BCUT2D eigenvalue weighted by Crippen LogP contribution is 2.41. The van der Waals surface area contributed by atoms with Gasteiger partial charge in [-0.1, -0.05) is 42.5 Å². The Morgan fingerprint density at radius 1 is 0.960 bits per heavy atom. The maximum absolute atomic E-state index is 10.6. The molecule has 6 heteroatoms. The van der Waals surface area contributed by atoms with Gasteiger partial charge in [-0.05, 0) is 19.9 Å². The summed E-state index contributed by atoms with van der Waals surface area (Å²) in [6, 6.07) is 15.6. The van der Waals surface area contributed by atoms with Crippen molar-refractivity contribution in [1.29, 1.82) is 0 Å². The largest absolute Gasteiger partial charge is 0.493 e. The van der Waals surface area contributed by atoms with Gasteiger partial charge in [0.1, 0.15) is 0 Å². The fraction of sp³-hybridized carbons (Fsp3) is 0.158. The number of hydrogen-bond acceptors (Lipinski definition) is 5. The van der Waals surface area contributed by atoms with Gasteiger partial charge in [-0.25, -0.2) is 0 Å². The van der Waals surface area contributed by atoms with Gasteiger partial charge in [0, 0.05) is 22.2 Å². The second-order valence-electron chi connectivity index (χ2n) is 6.11. The number of nitrogens with zero attached hydrogens (tertiary/aromatic N) is 5. The predicted octanol–water partition coefficient (Wildman–Crippen LogP) is 5.29. The molecule has 0 aliphatic carbocycles. The van der Waals surface area contributed by atoms with Crippen LogP contribution < -0.4 is 0 Å². The van der Waals surface area contributed by atoms with Gasteiger partial charge in [-0.2, -0.15) is 5.10 Å². The van der Waals surface area contributed by atoms with E-state index in [2.05, 4.69) is 20.4 Å². The number of aromatic hydroxyl groups is 1. The lowest BCUT2D eigenvalue weighted by Crippen LogP contribution is -1.98. The van der Waals surface area contributed by atoms with E-state index in [4.69, 9.17) is 0 Å². The summed E-state index contributed by atoms with van der Waals surface area (Å²) >= 11 is 0. The fourth-order valence-electron chi connectivity index (χ4n) is 3.04. The zero-order chi connectivity index (χ0) is 17.4. The maximum atomic E-state index is 10.6. The molecule has 2 aromatic carbocycles. The predicted molar refractivity (Wildman–Crippen MR) is 97.7 cm³/mol. The molecule has 0 fully saturated rings. The summed E-state index contributed by atoms with van der Waals surface area (Å²) in [6.45, 7) is 4.03.